The van der Waals surface area contributed by atoms with Gasteiger partial charge in [-0.3, -0.25) is 4.99 Å². The van der Waals surface area contributed by atoms with Crippen molar-refractivity contribution in [3.05, 3.63) is 23.5 Å². The van der Waals surface area contributed by atoms with Gasteiger partial charge in [0.05, 0.1) is 5.54 Å². The summed E-state index contributed by atoms with van der Waals surface area (Å²) in [6.45, 7) is 11.0. The molecule has 0 spiro atoms. The van der Waals surface area contributed by atoms with E-state index in [1.165, 1.54) is 0 Å². The molecule has 0 aliphatic carbocycles. The van der Waals surface area contributed by atoms with Crippen molar-refractivity contribution in [3.63, 3.8) is 0 Å². The monoisotopic (exact) mass is 155 g/mol. The molecule has 2 heteroatoms. The van der Waals surface area contributed by atoms with E-state index < -0.39 is 0 Å². The predicted molar refractivity (Wildman–Crippen MR) is 50.6 cm³/mol. The fourth-order valence-corrected chi connectivity index (χ4v) is 0.837. The molecule has 0 aliphatic heterocycles. The van der Waals surface area contributed by atoms with E-state index in [9.17, 15) is 0 Å². The third-order valence-electron chi connectivity index (χ3n) is 1.06. The Balaban J connectivity index is 3.85. The number of rotatable bonds is 4. The number of nitrogens with zero attached hydrogens (tertiary/aromatic N) is 1. The Morgan fingerprint density at radius 1 is 1.50 bits per heavy atom. The maximum atomic E-state index is 3.91. The van der Waals surface area contributed by atoms with Crippen molar-refractivity contribution >= 4 is 18.5 Å². The van der Waals surface area contributed by atoms with Crippen molar-refractivity contribution in [3.8, 4) is 0 Å². The number of thioether (sulfide) groups is 1. The average Bonchev–Trinajstić information content (AvgIpc) is 1.89. The molecule has 1 nitrogen and oxygen atoms in total. The number of hydrogen-bond acceptors (Lipinski definition) is 2. The van der Waals surface area contributed by atoms with Gasteiger partial charge in [-0.25, -0.2) is 0 Å². The minimum absolute atomic E-state index is 0.143. The molecule has 56 valence electrons. The molecule has 0 heterocycles. The van der Waals surface area contributed by atoms with Crippen LogP contribution in [-0.2, 0) is 0 Å². The molecule has 0 amide bonds. The Labute approximate surface area is 66.9 Å². The Kier molecular flexibility index (Phi) is 4.12. The van der Waals surface area contributed by atoms with E-state index >= 15 is 0 Å². The lowest BCUT2D eigenvalue weighted by atomic mass is 10.1. The largest absolute Gasteiger partial charge is 0.291 e. The van der Waals surface area contributed by atoms with E-state index in [1.54, 1.807) is 17.2 Å². The Bertz CT molecular complexity index is 147. The standard InChI is InChI=1S/C8H13NS/c1-5-10-7-6-8(2,3)9-4/h5-7H,1,4H2,2-3H3/b7-6-. The van der Waals surface area contributed by atoms with Crippen molar-refractivity contribution in [2.24, 2.45) is 4.99 Å². The van der Waals surface area contributed by atoms with E-state index in [-0.39, 0.29) is 5.54 Å². The van der Waals surface area contributed by atoms with Crippen LogP contribution in [0.4, 0.5) is 0 Å². The van der Waals surface area contributed by atoms with E-state index in [1.807, 2.05) is 25.3 Å². The first-order chi connectivity index (χ1) is 4.62. The van der Waals surface area contributed by atoms with Crippen LogP contribution in [0, 0.1) is 0 Å². The van der Waals surface area contributed by atoms with Gasteiger partial charge in [0.25, 0.3) is 0 Å². The van der Waals surface area contributed by atoms with Crippen molar-refractivity contribution in [1.82, 2.24) is 0 Å². The highest BCUT2D eigenvalue weighted by molar-refractivity contribution is 8.04. The molecule has 0 aromatic rings. The first-order valence-corrected chi connectivity index (χ1v) is 3.98. The molecular formula is C8H13NS. The van der Waals surface area contributed by atoms with Gasteiger partial charge >= 0.3 is 0 Å². The van der Waals surface area contributed by atoms with Crippen LogP contribution in [0.25, 0.3) is 0 Å². The van der Waals surface area contributed by atoms with Crippen LogP contribution < -0.4 is 0 Å². The SMILES string of the molecule is C=CS/C=C\C(C)(C)N=C. The second kappa shape index (κ2) is 4.34. The third kappa shape index (κ3) is 4.39. The topological polar surface area (TPSA) is 12.4 Å². The summed E-state index contributed by atoms with van der Waals surface area (Å²) in [5, 5.41) is 3.73. The minimum Gasteiger partial charge on any atom is -0.291 e. The van der Waals surface area contributed by atoms with Crippen LogP contribution in [0.3, 0.4) is 0 Å². The normalized spacial score (nSPS) is 11.8. The highest BCUT2D eigenvalue weighted by Crippen LogP contribution is 2.12. The fraction of sp³-hybridized carbons (Fsp3) is 0.375. The van der Waals surface area contributed by atoms with Crippen LogP contribution >= 0.6 is 11.8 Å². The lowest BCUT2D eigenvalue weighted by molar-refractivity contribution is 0.664. The summed E-state index contributed by atoms with van der Waals surface area (Å²) in [6.07, 6.45) is 1.99. The smallest absolute Gasteiger partial charge is 0.0732 e. The Hall–Kier alpha value is -0.500. The van der Waals surface area contributed by atoms with Gasteiger partial charge in [0.15, 0.2) is 0 Å². The molecule has 0 atom stereocenters. The van der Waals surface area contributed by atoms with Crippen molar-refractivity contribution in [1.29, 1.82) is 0 Å². The fourth-order valence-electron chi connectivity index (χ4n) is 0.314. The molecule has 0 rings (SSSR count). The first-order valence-electron chi connectivity index (χ1n) is 3.04. The first kappa shape index (κ1) is 9.50. The maximum absolute atomic E-state index is 3.91. The van der Waals surface area contributed by atoms with Crippen LogP contribution in [0.1, 0.15) is 13.8 Å². The highest BCUT2D eigenvalue weighted by atomic mass is 32.2. The van der Waals surface area contributed by atoms with Crippen LogP contribution in [0.15, 0.2) is 28.5 Å². The van der Waals surface area contributed by atoms with Gasteiger partial charge in [-0.15, -0.1) is 11.8 Å². The highest BCUT2D eigenvalue weighted by Gasteiger charge is 2.07. The van der Waals surface area contributed by atoms with Gasteiger partial charge in [0.2, 0.25) is 0 Å². The second-order valence-electron chi connectivity index (χ2n) is 2.42. The summed E-state index contributed by atoms with van der Waals surface area (Å²) in [7, 11) is 0. The molecule has 0 radical (unpaired) electrons. The zero-order valence-electron chi connectivity index (χ0n) is 6.50. The molecule has 0 aliphatic rings. The lowest BCUT2D eigenvalue weighted by Crippen LogP contribution is -2.10. The van der Waals surface area contributed by atoms with E-state index in [2.05, 4.69) is 18.3 Å². The summed E-state index contributed by atoms with van der Waals surface area (Å²) in [5.41, 5.74) is -0.143. The Morgan fingerprint density at radius 3 is 2.50 bits per heavy atom. The molecule has 0 aromatic carbocycles. The minimum atomic E-state index is -0.143. The van der Waals surface area contributed by atoms with E-state index in [0.29, 0.717) is 0 Å². The van der Waals surface area contributed by atoms with E-state index in [4.69, 9.17) is 0 Å². The van der Waals surface area contributed by atoms with Crippen molar-refractivity contribution in [2.45, 2.75) is 19.4 Å². The van der Waals surface area contributed by atoms with Crippen molar-refractivity contribution < 1.29 is 0 Å². The molecule has 0 saturated carbocycles. The van der Waals surface area contributed by atoms with Gasteiger partial charge in [0, 0.05) is 0 Å². The Morgan fingerprint density at radius 2 is 2.10 bits per heavy atom. The zero-order chi connectivity index (χ0) is 8.04. The van der Waals surface area contributed by atoms with Gasteiger partial charge in [-0.1, -0.05) is 12.7 Å². The molecule has 0 bridgehead atoms. The maximum Gasteiger partial charge on any atom is 0.0732 e. The quantitative estimate of drug-likeness (QED) is 0.569. The predicted octanol–water partition coefficient (Wildman–Crippen LogP) is 2.86. The van der Waals surface area contributed by atoms with Gasteiger partial charge < -0.3 is 0 Å². The summed E-state index contributed by atoms with van der Waals surface area (Å²) in [6, 6.07) is 0. The van der Waals surface area contributed by atoms with Crippen molar-refractivity contribution in [2.75, 3.05) is 0 Å². The molecule has 0 fully saturated rings. The van der Waals surface area contributed by atoms with E-state index in [0.717, 1.165) is 0 Å². The molecule has 10 heavy (non-hydrogen) atoms. The van der Waals surface area contributed by atoms with Gasteiger partial charge in [0.1, 0.15) is 0 Å². The summed E-state index contributed by atoms with van der Waals surface area (Å²) >= 11 is 1.55. The number of aliphatic imine (C=N–C) groups is 1. The summed E-state index contributed by atoms with van der Waals surface area (Å²) in [5.74, 6) is 0. The average molecular weight is 155 g/mol. The molecule has 0 N–H and O–H groups in total. The van der Waals surface area contributed by atoms with Crippen LogP contribution in [0.2, 0.25) is 0 Å². The zero-order valence-corrected chi connectivity index (χ0v) is 7.32. The summed E-state index contributed by atoms with van der Waals surface area (Å²) in [4.78, 5) is 3.91. The molecule has 0 saturated heterocycles. The number of hydrogen-bond donors (Lipinski definition) is 0. The molecular weight excluding hydrogens is 142 g/mol. The molecule has 0 unspecified atom stereocenters. The van der Waals surface area contributed by atoms with Crippen LogP contribution in [-0.4, -0.2) is 12.3 Å². The van der Waals surface area contributed by atoms with Gasteiger partial charge in [-0.2, -0.15) is 0 Å². The van der Waals surface area contributed by atoms with Gasteiger partial charge in [-0.05, 0) is 31.4 Å². The lowest BCUT2D eigenvalue weighted by Gasteiger charge is -2.11. The van der Waals surface area contributed by atoms with Crippen LogP contribution in [0.5, 0.6) is 0 Å². The third-order valence-corrected chi connectivity index (χ3v) is 1.54. The summed E-state index contributed by atoms with van der Waals surface area (Å²) < 4.78 is 0. The molecule has 0 aromatic heterocycles. The second-order valence-corrected chi connectivity index (χ2v) is 3.29.